The normalized spacial score (nSPS) is 48.2. The number of rotatable bonds is 2. The van der Waals surface area contributed by atoms with Gasteiger partial charge in [0.1, 0.15) is 5.78 Å². The van der Waals surface area contributed by atoms with Gasteiger partial charge in [-0.15, -0.1) is 0 Å². The van der Waals surface area contributed by atoms with E-state index in [-0.39, 0.29) is 22.4 Å². The average Bonchev–Trinajstić information content (AvgIpc) is 2.44. The summed E-state index contributed by atoms with van der Waals surface area (Å²) in [5.74, 6) is 0.0388. The van der Waals surface area contributed by atoms with Gasteiger partial charge in [0.25, 0.3) is 10.1 Å². The molecule has 16 heavy (non-hydrogen) atoms. The number of ketones is 1. The van der Waals surface area contributed by atoms with Crippen LogP contribution in [0.3, 0.4) is 0 Å². The van der Waals surface area contributed by atoms with Crippen molar-refractivity contribution in [2.45, 2.75) is 33.1 Å². The molecule has 1 N–H and O–H groups in total. The molecule has 0 aromatic carbocycles. The first kappa shape index (κ1) is 10.7. The van der Waals surface area contributed by atoms with Gasteiger partial charge in [0.2, 0.25) is 0 Å². The van der Waals surface area contributed by atoms with Crippen LogP contribution in [0.15, 0.2) is 0 Å². The Labute approximate surface area is 95.2 Å². The summed E-state index contributed by atoms with van der Waals surface area (Å²) < 4.78 is 31.3. The molecular weight excluding hydrogens is 228 g/mol. The van der Waals surface area contributed by atoms with Crippen LogP contribution >= 0.6 is 0 Å². The minimum absolute atomic E-state index is 0.0534. The number of carbonyl (C=O) groups excluding carboxylic acids is 1. The highest BCUT2D eigenvalue weighted by Gasteiger charge is 2.92. The molecule has 0 radical (unpaired) electrons. The minimum Gasteiger partial charge on any atom is -0.299 e. The molecule has 0 aromatic rings. The molecular formula is C11H16O4S. The van der Waals surface area contributed by atoms with Crippen LogP contribution in [0.25, 0.3) is 0 Å². The molecule has 0 aromatic heterocycles. The standard InChI is InChI=1S/C11H16O4S/c1-9(2)10-4-3-7(10)5-8(12)11(9,10)6-16(13,14)15/h7H,3-6H2,1-2H3,(H,13,14,15). The molecule has 3 unspecified atom stereocenters. The first-order valence-corrected chi connectivity index (χ1v) is 7.28. The summed E-state index contributed by atoms with van der Waals surface area (Å²) in [5.41, 5.74) is -1.16. The Kier molecular flexibility index (Phi) is 1.60. The molecule has 0 saturated heterocycles. The Balaban J connectivity index is 2.10. The van der Waals surface area contributed by atoms with Crippen LogP contribution in [-0.2, 0) is 14.9 Å². The van der Waals surface area contributed by atoms with Crippen LogP contribution in [0.1, 0.15) is 33.1 Å². The molecule has 3 rings (SSSR count). The summed E-state index contributed by atoms with van der Waals surface area (Å²) in [6.07, 6.45) is 2.48. The van der Waals surface area contributed by atoms with Crippen LogP contribution in [-0.4, -0.2) is 24.5 Å². The monoisotopic (exact) mass is 244 g/mol. The third-order valence-corrected chi connectivity index (χ3v) is 6.57. The second kappa shape index (κ2) is 2.38. The summed E-state index contributed by atoms with van der Waals surface area (Å²) in [6.45, 7) is 3.95. The second-order valence-electron chi connectivity index (χ2n) is 6.09. The Morgan fingerprint density at radius 3 is 2.44 bits per heavy atom. The van der Waals surface area contributed by atoms with E-state index in [0.29, 0.717) is 12.3 Å². The van der Waals surface area contributed by atoms with E-state index in [4.69, 9.17) is 4.55 Å². The van der Waals surface area contributed by atoms with E-state index in [1.807, 2.05) is 13.8 Å². The maximum absolute atomic E-state index is 12.1. The Bertz CT molecular complexity index is 492. The van der Waals surface area contributed by atoms with Gasteiger partial charge in [-0.05, 0) is 29.6 Å². The van der Waals surface area contributed by atoms with Gasteiger partial charge in [0.05, 0.1) is 11.2 Å². The maximum atomic E-state index is 12.1. The van der Waals surface area contributed by atoms with Crippen LogP contribution in [0.4, 0.5) is 0 Å². The summed E-state index contributed by atoms with van der Waals surface area (Å²) in [6, 6.07) is 0. The molecule has 0 amide bonds. The Morgan fingerprint density at radius 1 is 1.44 bits per heavy atom. The largest absolute Gasteiger partial charge is 0.299 e. The zero-order valence-electron chi connectivity index (χ0n) is 9.49. The molecule has 0 aliphatic heterocycles. The fourth-order valence-corrected chi connectivity index (χ4v) is 6.38. The number of carbonyl (C=O) groups is 1. The van der Waals surface area contributed by atoms with Crippen molar-refractivity contribution >= 4 is 15.9 Å². The predicted molar refractivity (Wildman–Crippen MR) is 57.4 cm³/mol. The summed E-state index contributed by atoms with van der Waals surface area (Å²) in [7, 11) is -4.08. The molecule has 3 atom stereocenters. The maximum Gasteiger partial charge on any atom is 0.265 e. The Hall–Kier alpha value is -0.420. The SMILES string of the molecule is CC1(C)C2(CS(=O)(=O)O)C(=O)CC3CCC312. The number of hydrogen-bond donors (Lipinski definition) is 1. The quantitative estimate of drug-likeness (QED) is 0.742. The third kappa shape index (κ3) is 0.777. The van der Waals surface area contributed by atoms with E-state index in [0.717, 1.165) is 12.8 Å². The van der Waals surface area contributed by atoms with Gasteiger partial charge in [0.15, 0.2) is 0 Å². The van der Waals surface area contributed by atoms with Crippen LogP contribution < -0.4 is 0 Å². The van der Waals surface area contributed by atoms with E-state index in [2.05, 4.69) is 0 Å². The van der Waals surface area contributed by atoms with Crippen molar-refractivity contribution in [3.05, 3.63) is 0 Å². The molecule has 1 spiro atoms. The highest BCUT2D eigenvalue weighted by atomic mass is 32.2. The first-order valence-electron chi connectivity index (χ1n) is 5.67. The summed E-state index contributed by atoms with van der Waals surface area (Å²) in [4.78, 5) is 12.1. The zero-order valence-corrected chi connectivity index (χ0v) is 10.3. The van der Waals surface area contributed by atoms with Gasteiger partial charge in [-0.25, -0.2) is 0 Å². The van der Waals surface area contributed by atoms with Crippen LogP contribution in [0, 0.1) is 22.2 Å². The number of hydrogen-bond acceptors (Lipinski definition) is 3. The van der Waals surface area contributed by atoms with E-state index < -0.39 is 15.5 Å². The van der Waals surface area contributed by atoms with Crippen molar-refractivity contribution in [3.63, 3.8) is 0 Å². The lowest BCUT2D eigenvalue weighted by Crippen LogP contribution is -2.31. The lowest BCUT2D eigenvalue weighted by atomic mass is 9.66. The van der Waals surface area contributed by atoms with Crippen LogP contribution in [0.5, 0.6) is 0 Å². The highest BCUT2D eigenvalue weighted by molar-refractivity contribution is 7.85. The smallest absolute Gasteiger partial charge is 0.265 e. The molecule has 4 nitrogen and oxygen atoms in total. The van der Waals surface area contributed by atoms with E-state index in [9.17, 15) is 13.2 Å². The summed E-state index contributed by atoms with van der Waals surface area (Å²) in [5, 5.41) is 0. The summed E-state index contributed by atoms with van der Waals surface area (Å²) >= 11 is 0. The van der Waals surface area contributed by atoms with Crippen molar-refractivity contribution in [2.75, 3.05) is 5.75 Å². The fourth-order valence-electron chi connectivity index (χ4n) is 5.05. The second-order valence-corrected chi connectivity index (χ2v) is 7.54. The van der Waals surface area contributed by atoms with E-state index >= 15 is 0 Å². The first-order chi connectivity index (χ1) is 7.19. The van der Waals surface area contributed by atoms with Gasteiger partial charge in [-0.2, -0.15) is 8.42 Å². The molecule has 0 bridgehead atoms. The van der Waals surface area contributed by atoms with Gasteiger partial charge in [0, 0.05) is 6.42 Å². The van der Waals surface area contributed by atoms with Crippen molar-refractivity contribution < 1.29 is 17.8 Å². The predicted octanol–water partition coefficient (Wildman–Crippen LogP) is 1.27. The molecule has 3 saturated carbocycles. The fraction of sp³-hybridized carbons (Fsp3) is 0.909. The molecule has 3 aliphatic rings. The zero-order chi connectivity index (χ0) is 12.0. The third-order valence-electron chi connectivity index (χ3n) is 5.77. The van der Waals surface area contributed by atoms with E-state index in [1.165, 1.54) is 0 Å². The van der Waals surface area contributed by atoms with Gasteiger partial charge in [-0.1, -0.05) is 13.8 Å². The van der Waals surface area contributed by atoms with Gasteiger partial charge >= 0.3 is 0 Å². The average molecular weight is 244 g/mol. The van der Waals surface area contributed by atoms with Crippen molar-refractivity contribution in [1.29, 1.82) is 0 Å². The van der Waals surface area contributed by atoms with E-state index in [1.54, 1.807) is 0 Å². The Morgan fingerprint density at radius 2 is 2.06 bits per heavy atom. The lowest BCUT2D eigenvalue weighted by Gasteiger charge is -2.37. The highest BCUT2D eigenvalue weighted by Crippen LogP contribution is 2.91. The molecule has 3 fully saturated rings. The van der Waals surface area contributed by atoms with Crippen molar-refractivity contribution in [3.8, 4) is 0 Å². The lowest BCUT2D eigenvalue weighted by molar-refractivity contribution is -0.123. The van der Waals surface area contributed by atoms with Crippen LogP contribution in [0.2, 0.25) is 0 Å². The van der Waals surface area contributed by atoms with Crippen molar-refractivity contribution in [2.24, 2.45) is 22.2 Å². The molecule has 3 aliphatic carbocycles. The van der Waals surface area contributed by atoms with Gasteiger partial charge < -0.3 is 0 Å². The topological polar surface area (TPSA) is 71.4 Å². The molecule has 90 valence electrons. The van der Waals surface area contributed by atoms with Gasteiger partial charge in [-0.3, -0.25) is 9.35 Å². The minimum atomic E-state index is -4.08. The molecule has 5 heteroatoms. The number of Topliss-reactive ketones (excluding diaryl/α,β-unsaturated/α-hetero) is 1. The molecule has 0 heterocycles. The van der Waals surface area contributed by atoms with Crippen molar-refractivity contribution in [1.82, 2.24) is 0 Å².